The van der Waals surface area contributed by atoms with Crippen molar-refractivity contribution in [2.75, 3.05) is 0 Å². The van der Waals surface area contributed by atoms with Gasteiger partial charge in [0.05, 0.1) is 5.56 Å². The van der Waals surface area contributed by atoms with Gasteiger partial charge in [-0.1, -0.05) is 204 Å². The van der Waals surface area contributed by atoms with Crippen molar-refractivity contribution in [1.29, 1.82) is 0 Å². The van der Waals surface area contributed by atoms with Crippen LogP contribution in [0, 0.1) is 32.5 Å². The second kappa shape index (κ2) is 29.8. The van der Waals surface area contributed by atoms with Gasteiger partial charge in [0, 0.05) is 82.4 Å². The highest BCUT2D eigenvalue weighted by Crippen LogP contribution is 2.25. The van der Waals surface area contributed by atoms with E-state index in [9.17, 15) is 29.6 Å². The number of benzene rings is 4. The van der Waals surface area contributed by atoms with Crippen molar-refractivity contribution in [3.05, 3.63) is 262 Å². The van der Waals surface area contributed by atoms with Crippen LogP contribution in [0.3, 0.4) is 0 Å². The molecule has 0 bridgehead atoms. The van der Waals surface area contributed by atoms with Crippen LogP contribution in [0.25, 0.3) is 44.5 Å². The number of rotatable bonds is 11. The Morgan fingerprint density at radius 2 is 0.808 bits per heavy atom. The van der Waals surface area contributed by atoms with Gasteiger partial charge in [-0.3, -0.25) is 0 Å². The third-order valence-electron chi connectivity index (χ3n) is 12.5. The third kappa shape index (κ3) is 17.6. The van der Waals surface area contributed by atoms with Crippen molar-refractivity contribution in [2.45, 2.75) is 119 Å². The van der Waals surface area contributed by atoms with Crippen LogP contribution in [-0.2, 0) is 6.42 Å². The zero-order valence-corrected chi connectivity index (χ0v) is 46.8. The lowest BCUT2D eigenvalue weighted by Crippen LogP contribution is -2.33. The number of hydrogen-bond acceptors (Lipinski definition) is 6. The Kier molecular flexibility index (Phi) is 23.1. The summed E-state index contributed by atoms with van der Waals surface area (Å²) in [6, 6.07) is 49.1. The highest BCUT2D eigenvalue weighted by Gasteiger charge is 2.20. The molecule has 9 aromatic rings. The quantitative estimate of drug-likeness (QED) is 0.0935. The van der Waals surface area contributed by atoms with Gasteiger partial charge in [-0.15, -0.1) is 0 Å². The van der Waals surface area contributed by atoms with Crippen molar-refractivity contribution in [2.24, 2.45) is 0 Å². The van der Waals surface area contributed by atoms with E-state index in [0.717, 1.165) is 77.6 Å². The van der Waals surface area contributed by atoms with Gasteiger partial charge in [0.25, 0.3) is 0 Å². The number of halogens is 2. The molecule has 0 aliphatic carbocycles. The molecule has 0 aliphatic heterocycles. The standard InChI is InChI=1S/2C14H14FNO.C14H15NO.C13H14N2.C11H17NO/c1-10(2)14-8-13(15)12(9-16(14)17)11-6-4-3-5-7-11;1-10(2)14-13(15)8-12(9-16(14)17)11-6-4-3-5-7-11;1-11(2)14-9-8-13(10-15(14)16)12-6-4-3-5-7-12;1-10(2)13-14-8-12(9-15-13)11-6-4-3-5-7-11;1-4-5-10-6-7-11(9(2)3)12(13)8-10/h2*3-10H,1-2H3;3-11H,1-2H3;3-10H,1-2H3;6-9H,4-5H2,1-3H3. The SMILES string of the molecule is CC(C)c1c(F)cc(-c2ccccc2)c[n+]1[O-].CC(C)c1cc(F)c(-c2ccccc2)c[n+]1[O-].CC(C)c1ccc(-c2ccccc2)c[n+]1[O-].CC(C)c1ncc(-c2ccccc2)cn1.CCCc1ccc(C(C)C)[n+]([O-])c1. The predicted octanol–water partition coefficient (Wildman–Crippen LogP) is 15.3. The minimum absolute atomic E-state index is 0.00632. The number of nitrogens with zero attached hydrogens (tertiary/aromatic N) is 6. The van der Waals surface area contributed by atoms with Crippen molar-refractivity contribution in [3.63, 3.8) is 0 Å². The minimum Gasteiger partial charge on any atom is -0.618 e. The van der Waals surface area contributed by atoms with E-state index in [1.807, 2.05) is 175 Å². The van der Waals surface area contributed by atoms with Gasteiger partial charge in [0.2, 0.25) is 5.69 Å². The highest BCUT2D eigenvalue weighted by atomic mass is 19.1. The smallest absolute Gasteiger partial charge is 0.231 e. The largest absolute Gasteiger partial charge is 0.618 e. The van der Waals surface area contributed by atoms with Crippen molar-refractivity contribution in [3.8, 4) is 44.5 Å². The van der Waals surface area contributed by atoms with E-state index in [1.165, 1.54) is 24.5 Å². The van der Waals surface area contributed by atoms with Gasteiger partial charge in [-0.05, 0) is 46.9 Å². The Morgan fingerprint density at radius 1 is 0.385 bits per heavy atom. The van der Waals surface area contributed by atoms with Gasteiger partial charge < -0.3 is 20.8 Å². The molecule has 12 heteroatoms. The number of aromatic nitrogens is 6. The fourth-order valence-corrected chi connectivity index (χ4v) is 8.22. The van der Waals surface area contributed by atoms with E-state index in [0.29, 0.717) is 39.0 Å². The molecule has 0 unspecified atom stereocenters. The molecule has 0 N–H and O–H groups in total. The summed E-state index contributed by atoms with van der Waals surface area (Å²) in [5.41, 5.74) is 10.2. The summed E-state index contributed by atoms with van der Waals surface area (Å²) >= 11 is 0. The summed E-state index contributed by atoms with van der Waals surface area (Å²) in [6.45, 7) is 21.7. The number of pyridine rings is 4. The van der Waals surface area contributed by atoms with E-state index in [4.69, 9.17) is 0 Å². The fourth-order valence-electron chi connectivity index (χ4n) is 8.22. The highest BCUT2D eigenvalue weighted by molar-refractivity contribution is 5.64. The number of aryl methyl sites for hydroxylation is 1. The molecule has 78 heavy (non-hydrogen) atoms. The molecule has 5 heterocycles. The second-order valence-corrected chi connectivity index (χ2v) is 20.3. The zero-order chi connectivity index (χ0) is 56.9. The van der Waals surface area contributed by atoms with E-state index in [2.05, 4.69) is 42.9 Å². The fraction of sp³-hybridized carbons (Fsp3) is 0.273. The second-order valence-electron chi connectivity index (χ2n) is 20.3. The molecule has 0 saturated carbocycles. The summed E-state index contributed by atoms with van der Waals surface area (Å²) in [7, 11) is 0. The lowest BCUT2D eigenvalue weighted by molar-refractivity contribution is -0.616. The molecule has 0 aliphatic rings. The van der Waals surface area contributed by atoms with E-state index < -0.39 is 5.82 Å². The molecule has 0 atom stereocenters. The van der Waals surface area contributed by atoms with Gasteiger partial charge in [0.15, 0.2) is 47.7 Å². The summed E-state index contributed by atoms with van der Waals surface area (Å²) < 4.78 is 31.1. The Balaban J connectivity index is 0.000000180. The van der Waals surface area contributed by atoms with Crippen molar-refractivity contribution >= 4 is 0 Å². The van der Waals surface area contributed by atoms with Crippen LogP contribution in [0.1, 0.15) is 146 Å². The van der Waals surface area contributed by atoms with Crippen LogP contribution >= 0.6 is 0 Å². The van der Waals surface area contributed by atoms with Crippen molar-refractivity contribution in [1.82, 2.24) is 9.97 Å². The summed E-state index contributed by atoms with van der Waals surface area (Å²) in [5.74, 6) is 0.910. The lowest BCUT2D eigenvalue weighted by Gasteiger charge is -2.10. The molecular formula is C66H74F2N6O4. The van der Waals surface area contributed by atoms with Gasteiger partial charge in [-0.25, -0.2) is 14.4 Å². The first kappa shape index (κ1) is 60.5. The first-order valence-corrected chi connectivity index (χ1v) is 26.6. The third-order valence-corrected chi connectivity index (χ3v) is 12.5. The summed E-state index contributed by atoms with van der Waals surface area (Å²) in [6.07, 6.45) is 11.9. The normalized spacial score (nSPS) is 10.7. The predicted molar refractivity (Wildman–Crippen MR) is 310 cm³/mol. The van der Waals surface area contributed by atoms with Gasteiger partial charge in [-0.2, -0.15) is 23.3 Å². The zero-order valence-electron chi connectivity index (χ0n) is 46.8. The molecule has 406 valence electrons. The average molecular weight is 1050 g/mol. The molecular weight excluding hydrogens is 979 g/mol. The lowest BCUT2D eigenvalue weighted by atomic mass is 10.0. The molecule has 0 saturated heterocycles. The Morgan fingerprint density at radius 3 is 1.23 bits per heavy atom. The Labute approximate surface area is 460 Å². The van der Waals surface area contributed by atoms with E-state index in [1.54, 1.807) is 38.4 Å². The van der Waals surface area contributed by atoms with Gasteiger partial charge >= 0.3 is 0 Å². The van der Waals surface area contributed by atoms with Crippen LogP contribution in [0.4, 0.5) is 8.78 Å². The van der Waals surface area contributed by atoms with Crippen LogP contribution in [-0.4, -0.2) is 9.97 Å². The van der Waals surface area contributed by atoms with E-state index in [-0.39, 0.29) is 29.3 Å². The van der Waals surface area contributed by atoms with Crippen molar-refractivity contribution < 1.29 is 27.7 Å². The average Bonchev–Trinajstić information content (AvgIpc) is 3.44. The Hall–Kier alpha value is -8.38. The molecule has 0 amide bonds. The maximum atomic E-state index is 13.9. The van der Waals surface area contributed by atoms with Crippen LogP contribution in [0.2, 0.25) is 0 Å². The van der Waals surface area contributed by atoms with Crippen LogP contribution in [0.15, 0.2) is 195 Å². The molecule has 10 nitrogen and oxygen atoms in total. The maximum absolute atomic E-state index is 13.9. The molecule has 9 rings (SSSR count). The van der Waals surface area contributed by atoms with E-state index >= 15 is 0 Å². The molecule has 0 spiro atoms. The monoisotopic (exact) mass is 1050 g/mol. The number of hydrogen-bond donors (Lipinski definition) is 0. The molecule has 0 fully saturated rings. The molecule has 5 aromatic heterocycles. The topological polar surface area (TPSA) is 134 Å². The summed E-state index contributed by atoms with van der Waals surface area (Å²) in [5, 5.41) is 46.8. The van der Waals surface area contributed by atoms with Gasteiger partial charge in [0.1, 0.15) is 11.6 Å². The first-order chi connectivity index (χ1) is 37.3. The van der Waals surface area contributed by atoms with Crippen LogP contribution in [0.5, 0.6) is 0 Å². The first-order valence-electron chi connectivity index (χ1n) is 26.6. The Bertz CT molecular complexity index is 3210. The minimum atomic E-state index is -0.448. The summed E-state index contributed by atoms with van der Waals surface area (Å²) in [4.78, 5) is 8.69. The molecule has 0 radical (unpaired) electrons. The molecule has 4 aromatic carbocycles. The maximum Gasteiger partial charge on any atom is 0.231 e. The van der Waals surface area contributed by atoms with Crippen LogP contribution < -0.4 is 18.9 Å².